The lowest BCUT2D eigenvalue weighted by molar-refractivity contribution is 0.458. The molecule has 1 aliphatic rings. The van der Waals surface area contributed by atoms with Crippen molar-refractivity contribution < 1.29 is 17.6 Å². The smallest absolute Gasteiger partial charge is 0.185 e. The van der Waals surface area contributed by atoms with Crippen molar-refractivity contribution >= 4 is 5.69 Å². The highest BCUT2D eigenvalue weighted by Crippen LogP contribution is 2.32. The predicted molar refractivity (Wildman–Crippen MR) is 52.1 cm³/mol. The third kappa shape index (κ3) is 2.28. The molecule has 2 rings (SSSR count). The summed E-state index contributed by atoms with van der Waals surface area (Å²) in [5, 5.41) is 2.40. The number of anilines is 1. The van der Waals surface area contributed by atoms with Crippen molar-refractivity contribution in [2.24, 2.45) is 5.92 Å². The molecule has 5 heteroatoms. The van der Waals surface area contributed by atoms with Crippen molar-refractivity contribution in [2.45, 2.75) is 19.3 Å². The summed E-state index contributed by atoms with van der Waals surface area (Å²) in [6, 6.07) is 0.205. The van der Waals surface area contributed by atoms with Gasteiger partial charge in [0.1, 0.15) is 5.69 Å². The van der Waals surface area contributed by atoms with Crippen LogP contribution in [-0.4, -0.2) is 6.54 Å². The molecule has 0 aliphatic heterocycles. The summed E-state index contributed by atoms with van der Waals surface area (Å²) < 4.78 is 51.9. The number of benzene rings is 1. The van der Waals surface area contributed by atoms with Crippen molar-refractivity contribution in [3.63, 3.8) is 0 Å². The maximum atomic E-state index is 13.1. The first-order valence-corrected chi connectivity index (χ1v) is 5.16. The van der Waals surface area contributed by atoms with Crippen molar-refractivity contribution in [3.8, 4) is 0 Å². The van der Waals surface area contributed by atoms with Crippen LogP contribution in [0.25, 0.3) is 0 Å². The highest BCUT2D eigenvalue weighted by Gasteiger charge is 2.22. The molecule has 0 bridgehead atoms. The summed E-state index contributed by atoms with van der Waals surface area (Å²) in [4.78, 5) is 0. The summed E-state index contributed by atoms with van der Waals surface area (Å²) in [5.74, 6) is -4.91. The molecule has 16 heavy (non-hydrogen) atoms. The molecule has 1 fully saturated rings. The van der Waals surface area contributed by atoms with Crippen LogP contribution in [0.3, 0.4) is 0 Å². The van der Waals surface area contributed by atoms with Gasteiger partial charge >= 0.3 is 0 Å². The quantitative estimate of drug-likeness (QED) is 0.620. The number of hydrogen-bond donors (Lipinski definition) is 1. The number of halogens is 4. The third-order valence-corrected chi connectivity index (χ3v) is 2.66. The monoisotopic (exact) mass is 233 g/mol. The predicted octanol–water partition coefficient (Wildman–Crippen LogP) is 3.46. The highest BCUT2D eigenvalue weighted by atomic mass is 19.2. The van der Waals surface area contributed by atoms with E-state index in [2.05, 4.69) is 5.32 Å². The maximum absolute atomic E-state index is 13.1. The summed E-state index contributed by atoms with van der Waals surface area (Å²) in [7, 11) is 0. The van der Waals surface area contributed by atoms with E-state index in [0.717, 1.165) is 19.3 Å². The van der Waals surface area contributed by atoms with E-state index in [1.165, 1.54) is 0 Å². The Morgan fingerprint density at radius 1 is 1.06 bits per heavy atom. The van der Waals surface area contributed by atoms with Gasteiger partial charge in [-0.25, -0.2) is 17.6 Å². The van der Waals surface area contributed by atoms with Gasteiger partial charge in [0.2, 0.25) is 0 Å². The Morgan fingerprint density at radius 3 is 2.12 bits per heavy atom. The van der Waals surface area contributed by atoms with Gasteiger partial charge in [-0.1, -0.05) is 12.8 Å². The molecular weight excluding hydrogens is 222 g/mol. The average Bonchev–Trinajstić information content (AvgIpc) is 3.04. The van der Waals surface area contributed by atoms with Crippen molar-refractivity contribution in [3.05, 3.63) is 29.3 Å². The number of rotatable bonds is 4. The zero-order valence-electron chi connectivity index (χ0n) is 8.49. The van der Waals surface area contributed by atoms with Gasteiger partial charge in [-0.15, -0.1) is 0 Å². The van der Waals surface area contributed by atoms with Crippen molar-refractivity contribution in [1.82, 2.24) is 0 Å². The normalized spacial score (nSPS) is 15.2. The lowest BCUT2D eigenvalue weighted by Gasteiger charge is -2.09. The Labute approximate surface area is 90.5 Å². The van der Waals surface area contributed by atoms with Gasteiger partial charge in [-0.05, 0) is 12.3 Å². The second-order valence-corrected chi connectivity index (χ2v) is 4.00. The molecule has 1 N–H and O–H groups in total. The van der Waals surface area contributed by atoms with Gasteiger partial charge in [-0.3, -0.25) is 0 Å². The molecule has 0 unspecified atom stereocenters. The average molecular weight is 233 g/mol. The molecule has 1 aliphatic carbocycles. The molecule has 0 amide bonds. The van der Waals surface area contributed by atoms with Crippen LogP contribution in [0.5, 0.6) is 0 Å². The largest absolute Gasteiger partial charge is 0.380 e. The third-order valence-electron chi connectivity index (χ3n) is 2.66. The van der Waals surface area contributed by atoms with Gasteiger partial charge < -0.3 is 5.32 Å². The summed E-state index contributed by atoms with van der Waals surface area (Å²) in [6.45, 7) is 0.321. The molecule has 88 valence electrons. The van der Waals surface area contributed by atoms with Gasteiger partial charge in [0, 0.05) is 12.6 Å². The topological polar surface area (TPSA) is 12.0 Å². The zero-order chi connectivity index (χ0) is 11.7. The van der Waals surface area contributed by atoms with E-state index in [-0.39, 0.29) is 6.07 Å². The lowest BCUT2D eigenvalue weighted by atomic mass is 10.2. The van der Waals surface area contributed by atoms with E-state index < -0.39 is 29.0 Å². The Morgan fingerprint density at radius 2 is 1.62 bits per heavy atom. The summed E-state index contributed by atoms with van der Waals surface area (Å²) in [5.41, 5.74) is -0.710. The SMILES string of the molecule is Fc1cc(F)c(F)c(NCCC2CC2)c1F. The minimum Gasteiger partial charge on any atom is -0.380 e. The van der Waals surface area contributed by atoms with Crippen molar-refractivity contribution in [2.75, 3.05) is 11.9 Å². The Kier molecular flexibility index (Phi) is 3.03. The molecule has 0 aromatic heterocycles. The first kappa shape index (κ1) is 11.2. The van der Waals surface area contributed by atoms with E-state index in [1.807, 2.05) is 0 Å². The van der Waals surface area contributed by atoms with Gasteiger partial charge in [0.25, 0.3) is 0 Å². The first-order chi connectivity index (χ1) is 7.59. The van der Waals surface area contributed by atoms with E-state index in [1.54, 1.807) is 0 Å². The molecule has 1 aromatic rings. The highest BCUT2D eigenvalue weighted by molar-refractivity contribution is 5.47. The molecule has 1 nitrogen and oxygen atoms in total. The first-order valence-electron chi connectivity index (χ1n) is 5.16. The molecule has 0 saturated heterocycles. The minimum absolute atomic E-state index is 0.205. The van der Waals surface area contributed by atoms with Crippen LogP contribution >= 0.6 is 0 Å². The van der Waals surface area contributed by atoms with Crippen LogP contribution in [0.15, 0.2) is 6.07 Å². The zero-order valence-corrected chi connectivity index (χ0v) is 8.49. The molecule has 0 heterocycles. The second kappa shape index (κ2) is 4.31. The summed E-state index contributed by atoms with van der Waals surface area (Å²) >= 11 is 0. The fourth-order valence-electron chi connectivity index (χ4n) is 1.54. The maximum Gasteiger partial charge on any atom is 0.185 e. The summed E-state index contributed by atoms with van der Waals surface area (Å²) in [6.07, 6.45) is 2.99. The number of nitrogens with one attached hydrogen (secondary N) is 1. The van der Waals surface area contributed by atoms with Crippen LogP contribution in [0.4, 0.5) is 23.2 Å². The van der Waals surface area contributed by atoms with Crippen molar-refractivity contribution in [1.29, 1.82) is 0 Å². The molecular formula is C11H11F4N. The van der Waals surface area contributed by atoms with Gasteiger partial charge in [0.15, 0.2) is 23.3 Å². The van der Waals surface area contributed by atoms with Gasteiger partial charge in [-0.2, -0.15) is 0 Å². The van der Waals surface area contributed by atoms with E-state index in [4.69, 9.17) is 0 Å². The van der Waals surface area contributed by atoms with E-state index in [0.29, 0.717) is 12.5 Å². The van der Waals surface area contributed by atoms with E-state index >= 15 is 0 Å². The second-order valence-electron chi connectivity index (χ2n) is 4.00. The lowest BCUT2D eigenvalue weighted by Crippen LogP contribution is -2.09. The van der Waals surface area contributed by atoms with Crippen LogP contribution < -0.4 is 5.32 Å². The van der Waals surface area contributed by atoms with Gasteiger partial charge in [0.05, 0.1) is 0 Å². The standard InChI is InChI=1S/C11H11F4N/c12-7-5-8(13)10(15)11(9(7)14)16-4-3-6-1-2-6/h5-6,16H,1-4H2. The Balaban J connectivity index is 2.10. The molecule has 1 saturated carbocycles. The Hall–Kier alpha value is -1.26. The Bertz CT molecular complexity index is 375. The molecule has 0 spiro atoms. The van der Waals surface area contributed by atoms with Crippen LogP contribution in [0.1, 0.15) is 19.3 Å². The number of hydrogen-bond acceptors (Lipinski definition) is 1. The van der Waals surface area contributed by atoms with Crippen LogP contribution in [0, 0.1) is 29.2 Å². The minimum atomic E-state index is -1.38. The molecule has 0 atom stereocenters. The fourth-order valence-corrected chi connectivity index (χ4v) is 1.54. The van der Waals surface area contributed by atoms with Crippen LogP contribution in [0.2, 0.25) is 0 Å². The fraction of sp³-hybridized carbons (Fsp3) is 0.455. The van der Waals surface area contributed by atoms with Crippen LogP contribution in [-0.2, 0) is 0 Å². The van der Waals surface area contributed by atoms with E-state index in [9.17, 15) is 17.6 Å². The molecule has 1 aromatic carbocycles. The molecule has 0 radical (unpaired) electrons.